The molecule has 0 atom stereocenters. The fraction of sp³-hybridized carbons (Fsp3) is 0.333. The minimum Gasteiger partial charge on any atom is -0.497 e. The van der Waals surface area contributed by atoms with Gasteiger partial charge in [-0.25, -0.2) is 13.9 Å². The van der Waals surface area contributed by atoms with Crippen molar-refractivity contribution in [2.45, 2.75) is 32.9 Å². The van der Waals surface area contributed by atoms with Crippen molar-refractivity contribution in [3.63, 3.8) is 0 Å². The first kappa shape index (κ1) is 21.6. The number of carbonyl (C=O) groups is 1. The van der Waals surface area contributed by atoms with Gasteiger partial charge in [-0.05, 0) is 30.0 Å². The number of anilines is 1. The molecule has 4 aromatic rings. The van der Waals surface area contributed by atoms with E-state index in [1.165, 1.54) is 34.5 Å². The lowest BCUT2D eigenvalue weighted by Gasteiger charge is -2.11. The number of hydrogen-bond donors (Lipinski definition) is 1. The quantitative estimate of drug-likeness (QED) is 0.435. The highest BCUT2D eigenvalue weighted by atomic mass is 32.1. The number of aryl methyl sites for hydroxylation is 1. The van der Waals surface area contributed by atoms with Crippen molar-refractivity contribution in [1.82, 2.24) is 18.7 Å². The molecular formula is C21H23N5O5S. The Hall–Kier alpha value is -3.60. The summed E-state index contributed by atoms with van der Waals surface area (Å²) in [4.78, 5) is 38.7. The van der Waals surface area contributed by atoms with Gasteiger partial charge in [-0.3, -0.25) is 14.2 Å². The van der Waals surface area contributed by atoms with Crippen molar-refractivity contribution >= 4 is 38.9 Å². The van der Waals surface area contributed by atoms with Gasteiger partial charge < -0.3 is 14.8 Å². The van der Waals surface area contributed by atoms with Gasteiger partial charge in [0, 0.05) is 12.6 Å². The van der Waals surface area contributed by atoms with Gasteiger partial charge in [0.05, 0.1) is 25.4 Å². The average molecular weight is 458 g/mol. The summed E-state index contributed by atoms with van der Waals surface area (Å²) in [5.74, 6) is 0.784. The molecule has 11 heteroatoms. The van der Waals surface area contributed by atoms with E-state index >= 15 is 0 Å². The molecule has 0 aliphatic carbocycles. The summed E-state index contributed by atoms with van der Waals surface area (Å²) in [5.41, 5.74) is 0.275. The maximum Gasteiger partial charge on any atom is 0.352 e. The lowest BCUT2D eigenvalue weighted by Crippen LogP contribution is -2.29. The molecule has 0 fully saturated rings. The number of nitrogens with zero attached hydrogens (tertiary/aromatic N) is 4. The average Bonchev–Trinajstić information content (AvgIpc) is 3.39. The van der Waals surface area contributed by atoms with Crippen molar-refractivity contribution in [2.24, 2.45) is 0 Å². The molecule has 0 aliphatic rings. The van der Waals surface area contributed by atoms with E-state index in [2.05, 4.69) is 10.4 Å². The normalized spacial score (nSPS) is 11.2. The molecule has 0 aliphatic heterocycles. The summed E-state index contributed by atoms with van der Waals surface area (Å²) < 4.78 is 14.9. The van der Waals surface area contributed by atoms with Crippen LogP contribution in [0.25, 0.3) is 16.0 Å². The number of methoxy groups -OCH3 is 2. The van der Waals surface area contributed by atoms with Crippen LogP contribution in [0.5, 0.6) is 11.5 Å². The van der Waals surface area contributed by atoms with Gasteiger partial charge in [0.2, 0.25) is 11.7 Å². The van der Waals surface area contributed by atoms with Crippen LogP contribution in [0.15, 0.2) is 39.2 Å². The predicted octanol–water partition coefficient (Wildman–Crippen LogP) is 2.33. The van der Waals surface area contributed by atoms with Gasteiger partial charge >= 0.3 is 5.69 Å². The summed E-state index contributed by atoms with van der Waals surface area (Å²) in [5, 5.41) is 8.83. The molecular weight excluding hydrogens is 434 g/mol. The minimum atomic E-state index is -0.481. The van der Waals surface area contributed by atoms with Crippen LogP contribution < -0.4 is 26.0 Å². The Morgan fingerprint density at radius 3 is 2.72 bits per heavy atom. The third-order valence-electron chi connectivity index (χ3n) is 5.10. The Bertz CT molecular complexity index is 1410. The second-order valence-corrected chi connectivity index (χ2v) is 8.05. The lowest BCUT2D eigenvalue weighted by atomic mass is 10.2. The molecule has 3 heterocycles. The van der Waals surface area contributed by atoms with Crippen molar-refractivity contribution in [3.8, 4) is 11.5 Å². The number of nitrogens with one attached hydrogen (secondary N) is 1. The number of aromatic nitrogens is 4. The van der Waals surface area contributed by atoms with Crippen molar-refractivity contribution in [1.29, 1.82) is 0 Å². The molecule has 3 aromatic heterocycles. The molecule has 32 heavy (non-hydrogen) atoms. The molecule has 0 saturated heterocycles. The second kappa shape index (κ2) is 8.87. The highest BCUT2D eigenvalue weighted by Gasteiger charge is 2.19. The predicted molar refractivity (Wildman–Crippen MR) is 122 cm³/mol. The molecule has 0 unspecified atom stereocenters. The molecule has 0 saturated carbocycles. The Morgan fingerprint density at radius 1 is 1.19 bits per heavy atom. The molecule has 4 rings (SSSR count). The molecule has 0 radical (unpaired) electrons. The zero-order valence-corrected chi connectivity index (χ0v) is 18.8. The number of benzene rings is 1. The molecule has 1 aromatic carbocycles. The van der Waals surface area contributed by atoms with Crippen LogP contribution in [0.3, 0.4) is 0 Å². The van der Waals surface area contributed by atoms with E-state index in [0.29, 0.717) is 33.9 Å². The standard InChI is InChI=1S/C21H23N5O5S/c1-4-5-9-24-19(28)18-15(8-10-32-18)26-20(24)23-25(21(26)29)12-17(27)22-14-7-6-13(30-2)11-16(14)31-3/h6-8,10-11H,4-5,9,12H2,1-3H3,(H,22,27). The van der Waals surface area contributed by atoms with E-state index in [0.717, 1.165) is 17.5 Å². The Labute approximate surface area is 186 Å². The SMILES string of the molecule is CCCCn1c(=O)c2sccc2n2c(=O)n(CC(=O)Nc3ccc(OC)cc3OC)nc12. The Kier molecular flexibility index (Phi) is 5.99. The van der Waals surface area contributed by atoms with Gasteiger partial charge in [-0.1, -0.05) is 13.3 Å². The van der Waals surface area contributed by atoms with Gasteiger partial charge in [0.15, 0.2) is 0 Å². The first-order chi connectivity index (χ1) is 15.5. The first-order valence-corrected chi connectivity index (χ1v) is 11.0. The van der Waals surface area contributed by atoms with E-state index in [-0.39, 0.29) is 17.9 Å². The fourth-order valence-corrected chi connectivity index (χ4v) is 4.31. The Morgan fingerprint density at radius 2 is 2.00 bits per heavy atom. The molecule has 0 bridgehead atoms. The van der Waals surface area contributed by atoms with Crippen LogP contribution in [0.4, 0.5) is 5.69 Å². The molecule has 10 nitrogen and oxygen atoms in total. The third-order valence-corrected chi connectivity index (χ3v) is 5.99. The summed E-state index contributed by atoms with van der Waals surface area (Å²) in [6, 6.07) is 6.70. The first-order valence-electron chi connectivity index (χ1n) is 10.1. The smallest absolute Gasteiger partial charge is 0.352 e. The van der Waals surface area contributed by atoms with Crippen LogP contribution in [0, 0.1) is 0 Å². The van der Waals surface area contributed by atoms with E-state index in [1.54, 1.807) is 29.6 Å². The molecule has 1 amide bonds. The highest BCUT2D eigenvalue weighted by Crippen LogP contribution is 2.29. The summed E-state index contributed by atoms with van der Waals surface area (Å²) in [6.45, 7) is 2.15. The zero-order valence-electron chi connectivity index (χ0n) is 18.0. The number of hydrogen-bond acceptors (Lipinski definition) is 7. The summed E-state index contributed by atoms with van der Waals surface area (Å²) in [6.07, 6.45) is 1.66. The molecule has 1 N–H and O–H groups in total. The van der Waals surface area contributed by atoms with Gasteiger partial charge in [0.1, 0.15) is 22.7 Å². The van der Waals surface area contributed by atoms with Crippen LogP contribution in [0.1, 0.15) is 19.8 Å². The number of thiophene rings is 1. The minimum absolute atomic E-state index is 0.180. The molecule has 168 valence electrons. The van der Waals surface area contributed by atoms with Crippen molar-refractivity contribution < 1.29 is 14.3 Å². The van der Waals surface area contributed by atoms with Gasteiger partial charge in [-0.15, -0.1) is 16.4 Å². The Balaban J connectivity index is 1.71. The zero-order chi connectivity index (χ0) is 22.8. The monoisotopic (exact) mass is 457 g/mol. The summed E-state index contributed by atoms with van der Waals surface area (Å²) >= 11 is 1.28. The largest absolute Gasteiger partial charge is 0.497 e. The van der Waals surface area contributed by atoms with Crippen molar-refractivity contribution in [2.75, 3.05) is 19.5 Å². The highest BCUT2D eigenvalue weighted by molar-refractivity contribution is 7.17. The van der Waals surface area contributed by atoms with Crippen LogP contribution in [-0.4, -0.2) is 38.9 Å². The van der Waals surface area contributed by atoms with E-state index in [9.17, 15) is 14.4 Å². The fourth-order valence-electron chi connectivity index (χ4n) is 3.48. The van der Waals surface area contributed by atoms with Crippen molar-refractivity contribution in [3.05, 3.63) is 50.5 Å². The number of fused-ring (bicyclic) bond motifs is 3. The number of carbonyl (C=O) groups excluding carboxylic acids is 1. The lowest BCUT2D eigenvalue weighted by molar-refractivity contribution is -0.117. The number of unbranched alkanes of at least 4 members (excludes halogenated alkanes) is 1. The number of amides is 1. The van der Waals surface area contributed by atoms with Crippen LogP contribution >= 0.6 is 11.3 Å². The second-order valence-electron chi connectivity index (χ2n) is 7.14. The van der Waals surface area contributed by atoms with Crippen LogP contribution in [0.2, 0.25) is 0 Å². The maximum absolute atomic E-state index is 13.1. The summed E-state index contributed by atoms with van der Waals surface area (Å²) in [7, 11) is 3.02. The van der Waals surface area contributed by atoms with Gasteiger partial charge in [0.25, 0.3) is 5.56 Å². The molecule has 0 spiro atoms. The number of rotatable bonds is 8. The topological polar surface area (TPSA) is 109 Å². The number of ether oxygens (including phenoxy) is 2. The van der Waals surface area contributed by atoms with Gasteiger partial charge in [-0.2, -0.15) is 0 Å². The van der Waals surface area contributed by atoms with Crippen LogP contribution in [-0.2, 0) is 17.9 Å². The third kappa shape index (κ3) is 3.75. The van der Waals surface area contributed by atoms with E-state index in [4.69, 9.17) is 9.47 Å². The van der Waals surface area contributed by atoms with E-state index in [1.807, 2.05) is 6.92 Å². The van der Waals surface area contributed by atoms with E-state index < -0.39 is 11.6 Å². The maximum atomic E-state index is 13.1.